The number of pyridine rings is 3. The molecule has 0 unspecified atom stereocenters. The van der Waals surface area contributed by atoms with Crippen molar-refractivity contribution in [3.8, 4) is 5.88 Å². The third kappa shape index (κ3) is 6.65. The van der Waals surface area contributed by atoms with E-state index in [0.717, 1.165) is 39.8 Å². The maximum absolute atomic E-state index is 6.66. The number of fused-ring (bicyclic) bond motifs is 1. The molecule has 4 aromatic heterocycles. The van der Waals surface area contributed by atoms with Crippen molar-refractivity contribution in [2.75, 3.05) is 39.6 Å². The zero-order valence-electron chi connectivity index (χ0n) is 22.4. The van der Waals surface area contributed by atoms with E-state index in [-0.39, 0.29) is 0 Å². The second-order valence-electron chi connectivity index (χ2n) is 9.41. The number of hydrogen-bond acceptors (Lipinski definition) is 9. The van der Waals surface area contributed by atoms with Crippen LogP contribution in [0.4, 0.5) is 11.6 Å². The molecule has 0 spiro atoms. The molecule has 0 aliphatic carbocycles. The van der Waals surface area contributed by atoms with Gasteiger partial charge in [0.25, 0.3) is 0 Å². The van der Waals surface area contributed by atoms with Crippen LogP contribution in [0.25, 0.3) is 22.3 Å². The highest BCUT2D eigenvalue weighted by molar-refractivity contribution is 6.17. The van der Waals surface area contributed by atoms with Crippen molar-refractivity contribution in [3.05, 3.63) is 71.7 Å². The highest BCUT2D eigenvalue weighted by Crippen LogP contribution is 2.25. The topological polar surface area (TPSA) is 129 Å². The lowest BCUT2D eigenvalue weighted by molar-refractivity contribution is -0.412. The molecule has 4 N–H and O–H groups in total. The van der Waals surface area contributed by atoms with Gasteiger partial charge in [0.05, 0.1) is 28.5 Å². The molecule has 0 radical (unpaired) electrons. The van der Waals surface area contributed by atoms with Gasteiger partial charge < -0.3 is 20.7 Å². The van der Waals surface area contributed by atoms with E-state index < -0.39 is 0 Å². The first kappa shape index (κ1) is 26.6. The van der Waals surface area contributed by atoms with Crippen LogP contribution in [-0.4, -0.2) is 70.6 Å². The van der Waals surface area contributed by atoms with E-state index in [9.17, 15) is 0 Å². The molecule has 0 atom stereocenters. The molecule has 4 aromatic rings. The van der Waals surface area contributed by atoms with Crippen molar-refractivity contribution in [1.29, 1.82) is 0 Å². The number of allylic oxidation sites excluding steroid dienone is 1. The van der Waals surface area contributed by atoms with E-state index in [0.29, 0.717) is 35.7 Å². The van der Waals surface area contributed by atoms with Gasteiger partial charge in [-0.2, -0.15) is 5.10 Å². The summed E-state index contributed by atoms with van der Waals surface area (Å²) in [5.41, 5.74) is 12.2. The van der Waals surface area contributed by atoms with Gasteiger partial charge in [-0.05, 0) is 55.9 Å². The third-order valence-corrected chi connectivity index (χ3v) is 5.86. The van der Waals surface area contributed by atoms with Crippen molar-refractivity contribution >= 4 is 40.2 Å². The van der Waals surface area contributed by atoms with Crippen LogP contribution in [-0.2, 0) is 0 Å². The Morgan fingerprint density at radius 1 is 1.05 bits per heavy atom. The van der Waals surface area contributed by atoms with Crippen LogP contribution in [0.15, 0.2) is 55.0 Å². The van der Waals surface area contributed by atoms with Gasteiger partial charge in [-0.3, -0.25) is 9.98 Å². The van der Waals surface area contributed by atoms with Crippen LogP contribution >= 0.6 is 0 Å². The molecule has 0 aliphatic rings. The van der Waals surface area contributed by atoms with Gasteiger partial charge in [0.1, 0.15) is 19.5 Å². The monoisotopic (exact) mass is 512 g/mol. The Labute approximate surface area is 222 Å². The zero-order chi connectivity index (χ0) is 27.1. The number of anilines is 2. The molecule has 4 rings (SSSR count). The zero-order valence-corrected chi connectivity index (χ0v) is 22.4. The number of hydrogen-bond donors (Lipinski definition) is 3. The van der Waals surface area contributed by atoms with Gasteiger partial charge in [0, 0.05) is 36.1 Å². The molecule has 0 amide bonds. The minimum absolute atomic E-state index is 0.350. The van der Waals surface area contributed by atoms with Gasteiger partial charge in [-0.25, -0.2) is 9.97 Å². The maximum atomic E-state index is 6.66. The average molecular weight is 513 g/mol. The fourth-order valence-corrected chi connectivity index (χ4v) is 3.72. The first-order chi connectivity index (χ1) is 18.3. The lowest BCUT2D eigenvalue weighted by Gasteiger charge is -2.12. The Balaban J connectivity index is 1.65. The molecule has 0 aromatic carbocycles. The normalized spacial score (nSPS) is 12.4. The smallest absolute Gasteiger partial charge is 0.213 e. The van der Waals surface area contributed by atoms with Crippen LogP contribution in [0.2, 0.25) is 0 Å². The second-order valence-corrected chi connectivity index (χ2v) is 9.41. The number of nitrogens with zero attached hydrogens (tertiary/aromatic N) is 6. The van der Waals surface area contributed by atoms with Gasteiger partial charge >= 0.3 is 0 Å². The Hall–Kier alpha value is -4.44. The Morgan fingerprint density at radius 3 is 2.66 bits per heavy atom. The molecule has 0 aliphatic heterocycles. The van der Waals surface area contributed by atoms with E-state index in [4.69, 9.17) is 15.5 Å². The van der Waals surface area contributed by atoms with Crippen molar-refractivity contribution in [2.24, 2.45) is 5.73 Å². The van der Waals surface area contributed by atoms with Gasteiger partial charge in [-0.15, -0.1) is 5.10 Å². The molecule has 0 fully saturated rings. The molecule has 0 saturated carbocycles. The minimum Gasteiger partial charge on any atom is -0.476 e. The SMILES string of the molecule is C[NH+]=CC(=C(N)c1ccnc(OCCN(C)C)c1)c1cnc2ccc(Nc3cc(C(C)C)cnn3)nc2c1. The summed E-state index contributed by atoms with van der Waals surface area (Å²) in [5.74, 6) is 2.16. The first-order valence-electron chi connectivity index (χ1n) is 12.4. The summed E-state index contributed by atoms with van der Waals surface area (Å²) in [4.78, 5) is 18.9. The number of ether oxygens (including phenoxy) is 1. The number of rotatable bonds is 10. The average Bonchev–Trinajstić information content (AvgIpc) is 2.91. The molecule has 4 heterocycles. The number of nitrogens with one attached hydrogen (secondary N) is 2. The third-order valence-electron chi connectivity index (χ3n) is 5.86. The predicted molar refractivity (Wildman–Crippen MR) is 151 cm³/mol. The van der Waals surface area contributed by atoms with Crippen LogP contribution < -0.4 is 20.8 Å². The number of aromatic nitrogens is 5. The van der Waals surface area contributed by atoms with E-state index in [1.54, 1.807) is 18.6 Å². The van der Waals surface area contributed by atoms with E-state index in [1.165, 1.54) is 0 Å². The quantitative estimate of drug-likeness (QED) is 0.274. The van der Waals surface area contributed by atoms with Gasteiger partial charge in [0.15, 0.2) is 12.0 Å². The lowest BCUT2D eigenvalue weighted by Crippen LogP contribution is -2.63. The predicted octanol–water partition coefficient (Wildman–Crippen LogP) is 2.23. The minimum atomic E-state index is 0.350. The first-order valence-corrected chi connectivity index (χ1v) is 12.4. The van der Waals surface area contributed by atoms with Crippen LogP contribution in [0.3, 0.4) is 0 Å². The fraction of sp³-hybridized carbons (Fsp3) is 0.286. The van der Waals surface area contributed by atoms with Crippen LogP contribution in [0, 0.1) is 0 Å². The summed E-state index contributed by atoms with van der Waals surface area (Å²) < 4.78 is 5.80. The molecule has 38 heavy (non-hydrogen) atoms. The summed E-state index contributed by atoms with van der Waals surface area (Å²) in [6.07, 6.45) is 7.11. The maximum Gasteiger partial charge on any atom is 0.213 e. The fourth-order valence-electron chi connectivity index (χ4n) is 3.72. The summed E-state index contributed by atoms with van der Waals surface area (Å²) in [7, 11) is 5.83. The lowest BCUT2D eigenvalue weighted by atomic mass is 10.0. The van der Waals surface area contributed by atoms with Crippen LogP contribution in [0.5, 0.6) is 5.88 Å². The molecule has 196 valence electrons. The van der Waals surface area contributed by atoms with E-state index >= 15 is 0 Å². The molecule has 10 heteroatoms. The standard InChI is InChI=1S/C28H33N9O/c1-18(2)20-13-26(36-33-16-20)35-25-7-6-23-24(34-25)12-21(15-32-23)22(17-30-3)28(29)19-8-9-31-27(14-19)38-11-10-37(4)5/h6-9,12-18H,10-11,29H2,1-5H3,(H,34,35,36)/p+1. The van der Waals surface area contributed by atoms with Crippen LogP contribution in [0.1, 0.15) is 36.5 Å². The molecule has 10 nitrogen and oxygen atoms in total. The molecule has 0 saturated heterocycles. The molecular weight excluding hydrogens is 478 g/mol. The Morgan fingerprint density at radius 2 is 1.89 bits per heavy atom. The molecular formula is C28H34N9O+. The van der Waals surface area contributed by atoms with E-state index in [2.05, 4.69) is 49.2 Å². The number of likely N-dealkylation sites (N-methyl/N-ethyl adjacent to an activating group) is 1. The van der Waals surface area contributed by atoms with Gasteiger partial charge in [0.2, 0.25) is 5.88 Å². The summed E-state index contributed by atoms with van der Waals surface area (Å²) in [6.45, 7) is 5.56. The molecule has 0 bridgehead atoms. The number of nitrogens with two attached hydrogens (primary N) is 1. The van der Waals surface area contributed by atoms with Gasteiger partial charge in [-0.1, -0.05) is 13.8 Å². The Kier molecular flexibility index (Phi) is 8.55. The van der Waals surface area contributed by atoms with Crippen molar-refractivity contribution in [3.63, 3.8) is 0 Å². The summed E-state index contributed by atoms with van der Waals surface area (Å²) in [6, 6.07) is 11.4. The van der Waals surface area contributed by atoms with Crippen molar-refractivity contribution < 1.29 is 9.73 Å². The summed E-state index contributed by atoms with van der Waals surface area (Å²) in [5, 5.41) is 11.5. The largest absolute Gasteiger partial charge is 0.476 e. The Bertz CT molecular complexity index is 1460. The highest BCUT2D eigenvalue weighted by Gasteiger charge is 2.13. The van der Waals surface area contributed by atoms with E-state index in [1.807, 2.05) is 63.8 Å². The van der Waals surface area contributed by atoms with Crippen molar-refractivity contribution in [2.45, 2.75) is 19.8 Å². The second kappa shape index (κ2) is 12.2. The highest BCUT2D eigenvalue weighted by atomic mass is 16.5. The van der Waals surface area contributed by atoms with Crippen molar-refractivity contribution in [1.82, 2.24) is 30.0 Å². The summed E-state index contributed by atoms with van der Waals surface area (Å²) >= 11 is 0.